The first-order chi connectivity index (χ1) is 9.15. The molecule has 19 heavy (non-hydrogen) atoms. The molecule has 0 aliphatic rings. The van der Waals surface area contributed by atoms with Crippen molar-refractivity contribution in [3.63, 3.8) is 0 Å². The Morgan fingerprint density at radius 2 is 1.84 bits per heavy atom. The van der Waals surface area contributed by atoms with Crippen molar-refractivity contribution in [2.45, 2.75) is 12.8 Å². The number of amides is 2. The third-order valence-electron chi connectivity index (χ3n) is 2.39. The lowest BCUT2D eigenvalue weighted by Gasteiger charge is -2.07. The van der Waals surface area contributed by atoms with Gasteiger partial charge >= 0.3 is 0 Å². The molecule has 0 radical (unpaired) electrons. The second kappa shape index (κ2) is 8.10. The number of nitrogens with two attached hydrogens (primary N) is 1. The maximum absolute atomic E-state index is 11.3. The van der Waals surface area contributed by atoms with Gasteiger partial charge in [0.05, 0.1) is 13.0 Å². The molecule has 0 saturated heterocycles. The van der Waals surface area contributed by atoms with Crippen LogP contribution in [0.25, 0.3) is 0 Å². The summed E-state index contributed by atoms with van der Waals surface area (Å²) in [7, 11) is 1.58. The zero-order valence-corrected chi connectivity index (χ0v) is 10.9. The van der Waals surface area contributed by atoms with Gasteiger partial charge in [-0.3, -0.25) is 9.59 Å². The van der Waals surface area contributed by atoms with E-state index in [-0.39, 0.29) is 11.8 Å². The summed E-state index contributed by atoms with van der Waals surface area (Å²) in [4.78, 5) is 22.3. The lowest BCUT2D eigenvalue weighted by molar-refractivity contribution is -0.121. The Bertz CT molecular complexity index is 418. The molecule has 0 fully saturated rings. The van der Waals surface area contributed by atoms with Crippen molar-refractivity contribution in [3.8, 4) is 5.75 Å². The standard InChI is InChI=1S/C13H19N3O3/c1-15-12(17)7-9-19-11-4-2-10(3-5-11)16-13(18)6-8-14/h2-5H,6-9,14H2,1H3,(H,15,17)(H,16,18). The fourth-order valence-corrected chi connectivity index (χ4v) is 1.38. The van der Waals surface area contributed by atoms with Crippen molar-refractivity contribution in [3.05, 3.63) is 24.3 Å². The first-order valence-electron chi connectivity index (χ1n) is 6.09. The molecule has 104 valence electrons. The minimum absolute atomic E-state index is 0.0642. The highest BCUT2D eigenvalue weighted by atomic mass is 16.5. The molecule has 6 heteroatoms. The molecule has 1 aromatic carbocycles. The highest BCUT2D eigenvalue weighted by Crippen LogP contribution is 2.15. The van der Waals surface area contributed by atoms with E-state index in [0.29, 0.717) is 37.4 Å². The molecule has 1 rings (SSSR count). The second-order valence-electron chi connectivity index (χ2n) is 3.88. The van der Waals surface area contributed by atoms with Crippen molar-refractivity contribution in [1.29, 1.82) is 0 Å². The first-order valence-corrected chi connectivity index (χ1v) is 6.09. The van der Waals surface area contributed by atoms with Crippen LogP contribution < -0.4 is 21.1 Å². The fourth-order valence-electron chi connectivity index (χ4n) is 1.38. The van der Waals surface area contributed by atoms with E-state index in [1.165, 1.54) is 0 Å². The van der Waals surface area contributed by atoms with Gasteiger partial charge in [-0.05, 0) is 24.3 Å². The highest BCUT2D eigenvalue weighted by Gasteiger charge is 2.02. The average molecular weight is 265 g/mol. The molecule has 0 bridgehead atoms. The Kier molecular flexibility index (Phi) is 6.38. The zero-order chi connectivity index (χ0) is 14.1. The number of ether oxygens (including phenoxy) is 1. The Labute approximate surface area is 112 Å². The van der Waals surface area contributed by atoms with Crippen molar-refractivity contribution in [2.75, 3.05) is 25.5 Å². The maximum Gasteiger partial charge on any atom is 0.225 e. The van der Waals surface area contributed by atoms with Gasteiger partial charge in [0.1, 0.15) is 5.75 Å². The summed E-state index contributed by atoms with van der Waals surface area (Å²) in [6, 6.07) is 6.96. The molecule has 0 aliphatic carbocycles. The topological polar surface area (TPSA) is 93.5 Å². The monoisotopic (exact) mass is 265 g/mol. The minimum atomic E-state index is -0.115. The summed E-state index contributed by atoms with van der Waals surface area (Å²) >= 11 is 0. The van der Waals surface area contributed by atoms with Crippen LogP contribution >= 0.6 is 0 Å². The van der Waals surface area contributed by atoms with Crippen LogP contribution in [0.5, 0.6) is 5.75 Å². The fraction of sp³-hybridized carbons (Fsp3) is 0.385. The molecule has 0 heterocycles. The number of rotatable bonds is 7. The second-order valence-corrected chi connectivity index (χ2v) is 3.88. The molecule has 1 aromatic rings. The normalized spacial score (nSPS) is 9.79. The van der Waals surface area contributed by atoms with Crippen LogP contribution in [0, 0.1) is 0 Å². The van der Waals surface area contributed by atoms with Gasteiger partial charge in [0.2, 0.25) is 11.8 Å². The number of hydrogen-bond donors (Lipinski definition) is 3. The Balaban J connectivity index is 2.39. The summed E-state index contributed by atoms with van der Waals surface area (Å²) in [6.45, 7) is 0.644. The SMILES string of the molecule is CNC(=O)CCOc1ccc(NC(=O)CCN)cc1. The Morgan fingerprint density at radius 1 is 1.16 bits per heavy atom. The van der Waals surface area contributed by atoms with Gasteiger partial charge in [0.15, 0.2) is 0 Å². The van der Waals surface area contributed by atoms with Crippen molar-refractivity contribution >= 4 is 17.5 Å². The van der Waals surface area contributed by atoms with Crippen LogP contribution in [0.4, 0.5) is 5.69 Å². The first kappa shape index (κ1) is 15.0. The molecule has 4 N–H and O–H groups in total. The molecule has 0 unspecified atom stereocenters. The van der Waals surface area contributed by atoms with Gasteiger partial charge in [-0.25, -0.2) is 0 Å². The smallest absolute Gasteiger partial charge is 0.225 e. The van der Waals surface area contributed by atoms with Crippen LogP contribution in [0.3, 0.4) is 0 Å². The van der Waals surface area contributed by atoms with E-state index in [0.717, 1.165) is 0 Å². The molecule has 0 saturated carbocycles. The molecule has 0 aliphatic heterocycles. The van der Waals surface area contributed by atoms with E-state index in [9.17, 15) is 9.59 Å². The quantitative estimate of drug-likeness (QED) is 0.669. The summed E-state index contributed by atoms with van der Waals surface area (Å²) in [6.07, 6.45) is 0.607. The predicted octanol–water partition coefficient (Wildman–Crippen LogP) is 0.489. The predicted molar refractivity (Wildman–Crippen MR) is 72.9 cm³/mol. The van der Waals surface area contributed by atoms with Gasteiger partial charge in [0.25, 0.3) is 0 Å². The van der Waals surface area contributed by atoms with E-state index in [4.69, 9.17) is 10.5 Å². The van der Waals surface area contributed by atoms with Crippen molar-refractivity contribution in [1.82, 2.24) is 5.32 Å². The summed E-state index contributed by atoms with van der Waals surface area (Å²) in [5.41, 5.74) is 5.98. The van der Waals surface area contributed by atoms with E-state index < -0.39 is 0 Å². The maximum atomic E-state index is 11.3. The van der Waals surface area contributed by atoms with Crippen LogP contribution in [0.2, 0.25) is 0 Å². The minimum Gasteiger partial charge on any atom is -0.493 e. The highest BCUT2D eigenvalue weighted by molar-refractivity contribution is 5.90. The molecule has 0 atom stereocenters. The number of anilines is 1. The van der Waals surface area contributed by atoms with Gasteiger partial charge in [0, 0.05) is 25.7 Å². The Morgan fingerprint density at radius 3 is 2.42 bits per heavy atom. The van der Waals surface area contributed by atoms with Crippen LogP contribution in [0.1, 0.15) is 12.8 Å². The zero-order valence-electron chi connectivity index (χ0n) is 10.9. The van der Waals surface area contributed by atoms with Gasteiger partial charge < -0.3 is 21.1 Å². The van der Waals surface area contributed by atoms with Gasteiger partial charge in [-0.15, -0.1) is 0 Å². The molecule has 0 aromatic heterocycles. The third-order valence-corrected chi connectivity index (χ3v) is 2.39. The molecule has 6 nitrogen and oxygen atoms in total. The summed E-state index contributed by atoms with van der Waals surface area (Å²) < 4.78 is 5.39. The van der Waals surface area contributed by atoms with Gasteiger partial charge in [-0.1, -0.05) is 0 Å². The van der Waals surface area contributed by atoms with Crippen LogP contribution in [-0.4, -0.2) is 32.0 Å². The molecular weight excluding hydrogens is 246 g/mol. The number of hydrogen-bond acceptors (Lipinski definition) is 4. The lowest BCUT2D eigenvalue weighted by atomic mass is 10.3. The summed E-state index contributed by atoms with van der Waals surface area (Å²) in [5.74, 6) is 0.474. The van der Waals surface area contributed by atoms with E-state index in [2.05, 4.69) is 10.6 Å². The van der Waals surface area contributed by atoms with Crippen LogP contribution in [0.15, 0.2) is 24.3 Å². The molecule has 0 spiro atoms. The number of nitrogens with one attached hydrogen (secondary N) is 2. The van der Waals surface area contributed by atoms with E-state index in [1.807, 2.05) is 0 Å². The van der Waals surface area contributed by atoms with Crippen molar-refractivity contribution < 1.29 is 14.3 Å². The number of carbonyl (C=O) groups is 2. The van der Waals surface area contributed by atoms with Gasteiger partial charge in [-0.2, -0.15) is 0 Å². The number of benzene rings is 1. The van der Waals surface area contributed by atoms with E-state index >= 15 is 0 Å². The summed E-state index contributed by atoms with van der Waals surface area (Å²) in [5, 5.41) is 5.23. The molecular formula is C13H19N3O3. The number of carbonyl (C=O) groups excluding carboxylic acids is 2. The molecule has 2 amide bonds. The van der Waals surface area contributed by atoms with Crippen molar-refractivity contribution in [2.24, 2.45) is 5.73 Å². The van der Waals surface area contributed by atoms with E-state index in [1.54, 1.807) is 31.3 Å². The lowest BCUT2D eigenvalue weighted by Crippen LogP contribution is -2.20. The Hall–Kier alpha value is -2.08. The average Bonchev–Trinajstić information content (AvgIpc) is 2.41. The third kappa shape index (κ3) is 5.87. The largest absolute Gasteiger partial charge is 0.493 e. The van der Waals surface area contributed by atoms with Crippen LogP contribution in [-0.2, 0) is 9.59 Å².